The number of hydrogen-bond acceptors (Lipinski definition) is 1. The van der Waals surface area contributed by atoms with Gasteiger partial charge in [0.1, 0.15) is 5.82 Å². The molecule has 0 saturated heterocycles. The van der Waals surface area contributed by atoms with Crippen molar-refractivity contribution in [1.82, 2.24) is 5.32 Å². The third-order valence-electron chi connectivity index (χ3n) is 4.16. The molecule has 2 unspecified atom stereocenters. The fraction of sp³-hybridized carbons (Fsp3) is 0.625. The van der Waals surface area contributed by atoms with Crippen molar-refractivity contribution in [2.75, 3.05) is 6.54 Å². The minimum Gasteiger partial charge on any atom is -0.312 e. The van der Waals surface area contributed by atoms with Crippen LogP contribution >= 0.6 is 0 Å². The summed E-state index contributed by atoms with van der Waals surface area (Å²) in [6.07, 6.45) is 2.35. The minimum atomic E-state index is -0.144. The van der Waals surface area contributed by atoms with Crippen molar-refractivity contribution < 1.29 is 4.39 Å². The summed E-state index contributed by atoms with van der Waals surface area (Å²) in [5.41, 5.74) is 1.75. The van der Waals surface area contributed by atoms with Crippen LogP contribution in [0.2, 0.25) is 0 Å². The first-order valence-electron chi connectivity index (χ1n) is 6.88. The van der Waals surface area contributed by atoms with Gasteiger partial charge in [0.2, 0.25) is 0 Å². The van der Waals surface area contributed by atoms with Gasteiger partial charge >= 0.3 is 0 Å². The van der Waals surface area contributed by atoms with E-state index in [4.69, 9.17) is 0 Å². The van der Waals surface area contributed by atoms with Crippen LogP contribution in [0.1, 0.15) is 46.1 Å². The van der Waals surface area contributed by atoms with Crippen LogP contribution in [0.5, 0.6) is 0 Å². The highest BCUT2D eigenvalue weighted by Crippen LogP contribution is 2.56. The van der Waals surface area contributed by atoms with E-state index < -0.39 is 0 Å². The Morgan fingerprint density at radius 1 is 1.28 bits per heavy atom. The zero-order valence-electron chi connectivity index (χ0n) is 11.9. The Hall–Kier alpha value is -0.890. The smallest absolute Gasteiger partial charge is 0.123 e. The van der Waals surface area contributed by atoms with Crippen molar-refractivity contribution in [3.05, 3.63) is 35.6 Å². The molecule has 2 rings (SSSR count). The molecule has 0 heterocycles. The van der Waals surface area contributed by atoms with E-state index in [-0.39, 0.29) is 16.8 Å². The SMILES string of the molecule is CCC1(c2ccc(F)cc2)CC1CNC(C)(C)C. The van der Waals surface area contributed by atoms with Crippen molar-refractivity contribution in [2.24, 2.45) is 5.92 Å². The van der Waals surface area contributed by atoms with Gasteiger partial charge in [0.15, 0.2) is 0 Å². The summed E-state index contributed by atoms with van der Waals surface area (Å²) in [6, 6.07) is 7.07. The average molecular weight is 249 g/mol. The summed E-state index contributed by atoms with van der Waals surface area (Å²) < 4.78 is 13.0. The molecule has 2 heteroatoms. The predicted octanol–water partition coefficient (Wildman–Crippen LogP) is 3.88. The standard InChI is InChI=1S/C16H24FN/c1-5-16(12-6-8-14(17)9-7-12)10-13(16)11-18-15(2,3)4/h6-9,13,18H,5,10-11H2,1-4H3. The molecule has 1 saturated carbocycles. The van der Waals surface area contributed by atoms with Crippen LogP contribution in [0.4, 0.5) is 4.39 Å². The van der Waals surface area contributed by atoms with Crippen LogP contribution in [0, 0.1) is 11.7 Å². The van der Waals surface area contributed by atoms with E-state index in [1.54, 1.807) is 12.1 Å². The lowest BCUT2D eigenvalue weighted by Crippen LogP contribution is -2.38. The van der Waals surface area contributed by atoms with Crippen molar-refractivity contribution in [3.8, 4) is 0 Å². The normalized spacial score (nSPS) is 27.3. The predicted molar refractivity (Wildman–Crippen MR) is 74.2 cm³/mol. The Balaban J connectivity index is 2.04. The first-order chi connectivity index (χ1) is 8.37. The quantitative estimate of drug-likeness (QED) is 0.854. The summed E-state index contributed by atoms with van der Waals surface area (Å²) in [5.74, 6) is 0.544. The molecular formula is C16H24FN. The summed E-state index contributed by atoms with van der Waals surface area (Å²) in [4.78, 5) is 0. The number of hydrogen-bond donors (Lipinski definition) is 1. The van der Waals surface area contributed by atoms with Crippen LogP contribution in [-0.2, 0) is 5.41 Å². The Labute approximate surface area is 110 Å². The highest BCUT2D eigenvalue weighted by Gasteiger charge is 2.53. The number of rotatable bonds is 4. The van der Waals surface area contributed by atoms with Gasteiger partial charge in [0.05, 0.1) is 0 Å². The van der Waals surface area contributed by atoms with Gasteiger partial charge in [0.25, 0.3) is 0 Å². The molecule has 0 spiro atoms. The van der Waals surface area contributed by atoms with Gasteiger partial charge < -0.3 is 5.32 Å². The van der Waals surface area contributed by atoms with E-state index in [0.717, 1.165) is 13.0 Å². The lowest BCUT2D eigenvalue weighted by Gasteiger charge is -2.22. The minimum absolute atomic E-state index is 0.144. The average Bonchev–Trinajstić information content (AvgIpc) is 3.01. The molecule has 1 N–H and O–H groups in total. The fourth-order valence-corrected chi connectivity index (χ4v) is 2.85. The third kappa shape index (κ3) is 2.74. The number of halogens is 1. The molecule has 1 fully saturated rings. The zero-order chi connectivity index (χ0) is 13.4. The van der Waals surface area contributed by atoms with Gasteiger partial charge in [-0.3, -0.25) is 0 Å². The fourth-order valence-electron chi connectivity index (χ4n) is 2.85. The van der Waals surface area contributed by atoms with Crippen molar-refractivity contribution >= 4 is 0 Å². The topological polar surface area (TPSA) is 12.0 Å². The van der Waals surface area contributed by atoms with E-state index in [1.165, 1.54) is 12.0 Å². The Morgan fingerprint density at radius 3 is 2.39 bits per heavy atom. The number of benzene rings is 1. The molecule has 0 radical (unpaired) electrons. The van der Waals surface area contributed by atoms with Crippen molar-refractivity contribution in [1.29, 1.82) is 0 Å². The molecule has 1 aliphatic carbocycles. The van der Waals surface area contributed by atoms with E-state index in [0.29, 0.717) is 5.92 Å². The molecule has 0 amide bonds. The number of nitrogens with one attached hydrogen (secondary N) is 1. The molecule has 2 atom stereocenters. The first kappa shape index (κ1) is 13.5. The highest BCUT2D eigenvalue weighted by molar-refractivity contribution is 5.34. The van der Waals surface area contributed by atoms with Gasteiger partial charge in [-0.05, 0) is 69.2 Å². The third-order valence-corrected chi connectivity index (χ3v) is 4.16. The molecule has 100 valence electrons. The second-order valence-electron chi connectivity index (χ2n) is 6.55. The largest absolute Gasteiger partial charge is 0.312 e. The van der Waals surface area contributed by atoms with E-state index in [9.17, 15) is 4.39 Å². The van der Waals surface area contributed by atoms with Gasteiger partial charge in [-0.25, -0.2) is 4.39 Å². The van der Waals surface area contributed by atoms with E-state index >= 15 is 0 Å². The zero-order valence-corrected chi connectivity index (χ0v) is 11.9. The maximum absolute atomic E-state index is 13.0. The maximum atomic E-state index is 13.0. The van der Waals surface area contributed by atoms with Crippen molar-refractivity contribution in [2.45, 2.75) is 51.5 Å². The molecule has 1 nitrogen and oxygen atoms in total. The van der Waals surface area contributed by atoms with Crippen molar-refractivity contribution in [3.63, 3.8) is 0 Å². The van der Waals surface area contributed by atoms with Gasteiger partial charge in [0, 0.05) is 5.54 Å². The molecule has 0 aromatic heterocycles. The molecule has 0 bridgehead atoms. The van der Waals surface area contributed by atoms with Crippen LogP contribution in [0.25, 0.3) is 0 Å². The van der Waals surface area contributed by atoms with Crippen LogP contribution < -0.4 is 5.32 Å². The molecule has 1 aromatic rings. The molecule has 0 aliphatic heterocycles. The van der Waals surface area contributed by atoms with Crippen LogP contribution in [-0.4, -0.2) is 12.1 Å². The first-order valence-corrected chi connectivity index (χ1v) is 6.88. The van der Waals surface area contributed by atoms with E-state index in [1.807, 2.05) is 12.1 Å². The van der Waals surface area contributed by atoms with Gasteiger partial charge in [-0.1, -0.05) is 19.1 Å². The summed E-state index contributed by atoms with van der Waals surface area (Å²) in [5, 5.41) is 3.58. The molecule has 1 aliphatic rings. The summed E-state index contributed by atoms with van der Waals surface area (Å²) in [6.45, 7) is 9.87. The Bertz CT molecular complexity index is 404. The van der Waals surface area contributed by atoms with Crippen LogP contribution in [0.3, 0.4) is 0 Å². The summed E-state index contributed by atoms with van der Waals surface area (Å²) in [7, 11) is 0. The van der Waals surface area contributed by atoms with Gasteiger partial charge in [-0.2, -0.15) is 0 Å². The lowest BCUT2D eigenvalue weighted by molar-refractivity contribution is 0.401. The second-order valence-corrected chi connectivity index (χ2v) is 6.55. The maximum Gasteiger partial charge on any atom is 0.123 e. The molecule has 18 heavy (non-hydrogen) atoms. The van der Waals surface area contributed by atoms with E-state index in [2.05, 4.69) is 33.0 Å². The molecular weight excluding hydrogens is 225 g/mol. The van der Waals surface area contributed by atoms with Crippen LogP contribution in [0.15, 0.2) is 24.3 Å². The highest BCUT2D eigenvalue weighted by atomic mass is 19.1. The van der Waals surface area contributed by atoms with Gasteiger partial charge in [-0.15, -0.1) is 0 Å². The Morgan fingerprint density at radius 2 is 1.89 bits per heavy atom. The second kappa shape index (κ2) is 4.65. The lowest BCUT2D eigenvalue weighted by atomic mass is 9.90. The summed E-state index contributed by atoms with van der Waals surface area (Å²) >= 11 is 0. The monoisotopic (exact) mass is 249 g/mol. The molecule has 1 aromatic carbocycles. The Kier molecular flexibility index (Phi) is 3.50.